The van der Waals surface area contributed by atoms with Gasteiger partial charge in [0.2, 0.25) is 5.91 Å². The van der Waals surface area contributed by atoms with Gasteiger partial charge in [0.1, 0.15) is 6.04 Å². The van der Waals surface area contributed by atoms with Gasteiger partial charge in [-0.25, -0.2) is 0 Å². The molecule has 1 atom stereocenters. The van der Waals surface area contributed by atoms with E-state index < -0.39 is 6.04 Å². The zero-order valence-electron chi connectivity index (χ0n) is 12.7. The smallest absolute Gasteiger partial charge is 0.247 e. The number of likely N-dealkylation sites (N-methyl/N-ethyl adjacent to an activating group) is 1. The summed E-state index contributed by atoms with van der Waals surface area (Å²) < 4.78 is 1.78. The van der Waals surface area contributed by atoms with E-state index in [2.05, 4.69) is 15.3 Å². The number of hydrogen-bond donors (Lipinski definition) is 2. The van der Waals surface area contributed by atoms with Gasteiger partial charge in [-0.1, -0.05) is 23.7 Å². The maximum atomic E-state index is 12.2. The predicted molar refractivity (Wildman–Crippen MR) is 87.8 cm³/mol. The van der Waals surface area contributed by atoms with Crippen molar-refractivity contribution >= 4 is 23.3 Å². The summed E-state index contributed by atoms with van der Waals surface area (Å²) in [6.45, 7) is 1.63. The molecule has 0 saturated carbocycles. The molecule has 0 aliphatic carbocycles. The van der Waals surface area contributed by atoms with Crippen LogP contribution in [0.25, 0.3) is 0 Å². The van der Waals surface area contributed by atoms with Crippen LogP contribution < -0.4 is 11.1 Å². The van der Waals surface area contributed by atoms with Gasteiger partial charge < -0.3 is 16.0 Å². The Morgan fingerprint density at radius 2 is 2.23 bits per heavy atom. The highest BCUT2D eigenvalue weighted by molar-refractivity contribution is 6.30. The molecule has 0 bridgehead atoms. The molecule has 1 unspecified atom stereocenters. The zero-order chi connectivity index (χ0) is 16.1. The van der Waals surface area contributed by atoms with E-state index in [1.165, 1.54) is 0 Å². The van der Waals surface area contributed by atoms with Gasteiger partial charge in [-0.05, 0) is 31.8 Å². The SMILES string of the molecule is CN(C)CCn1ccc(NC(=O)C(N)c2cccc(Cl)c2)n1. The largest absolute Gasteiger partial charge is 0.316 e. The standard InChI is InChI=1S/C15H20ClN5O/c1-20(2)8-9-21-7-6-13(19-21)18-15(22)14(17)11-4-3-5-12(16)10-11/h3-7,10,14H,8-9,17H2,1-2H3,(H,18,19,22). The normalized spacial score (nSPS) is 12.4. The van der Waals surface area contributed by atoms with Crippen molar-refractivity contribution in [3.8, 4) is 0 Å². The average Bonchev–Trinajstić information content (AvgIpc) is 2.91. The number of carbonyl (C=O) groups is 1. The molecule has 118 valence electrons. The molecule has 2 aromatic rings. The van der Waals surface area contributed by atoms with E-state index in [1.54, 1.807) is 35.0 Å². The van der Waals surface area contributed by atoms with Crippen LogP contribution in [0.4, 0.5) is 5.82 Å². The van der Waals surface area contributed by atoms with Gasteiger partial charge in [0.05, 0.1) is 6.54 Å². The maximum absolute atomic E-state index is 12.2. The van der Waals surface area contributed by atoms with Gasteiger partial charge >= 0.3 is 0 Å². The van der Waals surface area contributed by atoms with Crippen molar-refractivity contribution in [2.75, 3.05) is 26.0 Å². The second kappa shape index (κ2) is 7.40. The monoisotopic (exact) mass is 321 g/mol. The summed E-state index contributed by atoms with van der Waals surface area (Å²) in [5.41, 5.74) is 6.61. The fraction of sp³-hybridized carbons (Fsp3) is 0.333. The third-order valence-electron chi connectivity index (χ3n) is 3.16. The zero-order valence-corrected chi connectivity index (χ0v) is 13.4. The van der Waals surface area contributed by atoms with E-state index in [-0.39, 0.29) is 5.91 Å². The first-order valence-electron chi connectivity index (χ1n) is 6.96. The van der Waals surface area contributed by atoms with Gasteiger partial charge in [0.25, 0.3) is 0 Å². The van der Waals surface area contributed by atoms with Crippen molar-refractivity contribution in [2.24, 2.45) is 5.73 Å². The summed E-state index contributed by atoms with van der Waals surface area (Å²) >= 11 is 5.91. The minimum absolute atomic E-state index is 0.319. The molecule has 7 heteroatoms. The van der Waals surface area contributed by atoms with E-state index in [9.17, 15) is 4.79 Å². The van der Waals surface area contributed by atoms with Crippen LogP contribution in [0.3, 0.4) is 0 Å². The summed E-state index contributed by atoms with van der Waals surface area (Å²) in [6.07, 6.45) is 1.82. The number of hydrogen-bond acceptors (Lipinski definition) is 4. The van der Waals surface area contributed by atoms with Gasteiger partial charge in [-0.3, -0.25) is 9.48 Å². The molecule has 22 heavy (non-hydrogen) atoms. The summed E-state index contributed by atoms with van der Waals surface area (Å²) in [7, 11) is 3.99. The van der Waals surface area contributed by atoms with Crippen LogP contribution in [0.5, 0.6) is 0 Å². The van der Waals surface area contributed by atoms with Crippen LogP contribution in [0, 0.1) is 0 Å². The summed E-state index contributed by atoms with van der Waals surface area (Å²) in [5, 5.41) is 7.56. The first-order valence-corrected chi connectivity index (χ1v) is 7.33. The van der Waals surface area contributed by atoms with Crippen LogP contribution in [0.1, 0.15) is 11.6 Å². The molecule has 1 aromatic heterocycles. The summed E-state index contributed by atoms with van der Waals surface area (Å²) in [4.78, 5) is 14.2. The number of nitrogens with two attached hydrogens (primary N) is 1. The molecule has 6 nitrogen and oxygen atoms in total. The van der Waals surface area contributed by atoms with E-state index in [0.29, 0.717) is 16.4 Å². The molecule has 1 heterocycles. The lowest BCUT2D eigenvalue weighted by Gasteiger charge is -2.11. The van der Waals surface area contributed by atoms with Gasteiger partial charge in [0.15, 0.2) is 5.82 Å². The number of nitrogens with one attached hydrogen (secondary N) is 1. The third-order valence-corrected chi connectivity index (χ3v) is 3.39. The topological polar surface area (TPSA) is 76.2 Å². The first-order chi connectivity index (χ1) is 10.5. The van der Waals surface area contributed by atoms with Crippen LogP contribution in [-0.2, 0) is 11.3 Å². The first kappa shape index (κ1) is 16.5. The number of benzene rings is 1. The number of carbonyl (C=O) groups excluding carboxylic acids is 1. The fourth-order valence-corrected chi connectivity index (χ4v) is 2.11. The van der Waals surface area contributed by atoms with Crippen molar-refractivity contribution in [2.45, 2.75) is 12.6 Å². The highest BCUT2D eigenvalue weighted by Crippen LogP contribution is 2.17. The summed E-state index contributed by atoms with van der Waals surface area (Å²) in [6, 6.07) is 7.92. The Kier molecular flexibility index (Phi) is 5.54. The number of anilines is 1. The molecule has 1 amide bonds. The quantitative estimate of drug-likeness (QED) is 0.849. The third kappa shape index (κ3) is 4.56. The Bertz CT molecular complexity index is 640. The van der Waals surface area contributed by atoms with Crippen molar-refractivity contribution in [1.82, 2.24) is 14.7 Å². The Morgan fingerprint density at radius 1 is 1.45 bits per heavy atom. The van der Waals surface area contributed by atoms with Crippen LogP contribution >= 0.6 is 11.6 Å². The van der Waals surface area contributed by atoms with E-state index in [0.717, 1.165) is 13.1 Å². The van der Waals surface area contributed by atoms with E-state index in [4.69, 9.17) is 17.3 Å². The molecule has 0 spiro atoms. The Hall–Kier alpha value is -1.89. The number of aromatic nitrogens is 2. The second-order valence-corrected chi connectivity index (χ2v) is 5.73. The number of rotatable bonds is 6. The van der Waals surface area contributed by atoms with Gasteiger partial charge in [-0.15, -0.1) is 0 Å². The lowest BCUT2D eigenvalue weighted by atomic mass is 10.1. The molecule has 0 aliphatic rings. The number of nitrogens with zero attached hydrogens (tertiary/aromatic N) is 3. The van der Waals surface area contributed by atoms with Gasteiger partial charge in [0, 0.05) is 23.8 Å². The van der Waals surface area contributed by atoms with Crippen molar-refractivity contribution in [3.05, 3.63) is 47.1 Å². The highest BCUT2D eigenvalue weighted by Gasteiger charge is 2.17. The van der Waals surface area contributed by atoms with E-state index in [1.807, 2.05) is 20.3 Å². The molecule has 0 saturated heterocycles. The van der Waals surface area contributed by atoms with Crippen molar-refractivity contribution in [1.29, 1.82) is 0 Å². The van der Waals surface area contributed by atoms with Crippen molar-refractivity contribution < 1.29 is 4.79 Å². The molecule has 0 radical (unpaired) electrons. The molecule has 0 aliphatic heterocycles. The molecule has 3 N–H and O–H groups in total. The molecule has 0 fully saturated rings. The summed E-state index contributed by atoms with van der Waals surface area (Å²) in [5.74, 6) is 0.168. The number of halogens is 1. The predicted octanol–water partition coefficient (Wildman–Crippen LogP) is 1.74. The lowest BCUT2D eigenvalue weighted by molar-refractivity contribution is -0.117. The second-order valence-electron chi connectivity index (χ2n) is 5.29. The lowest BCUT2D eigenvalue weighted by Crippen LogP contribution is -2.28. The van der Waals surface area contributed by atoms with Crippen molar-refractivity contribution in [3.63, 3.8) is 0 Å². The average molecular weight is 322 g/mol. The minimum atomic E-state index is -0.786. The molecule has 1 aromatic carbocycles. The molecule has 2 rings (SSSR count). The molecular weight excluding hydrogens is 302 g/mol. The Balaban J connectivity index is 1.96. The maximum Gasteiger partial charge on any atom is 0.247 e. The minimum Gasteiger partial charge on any atom is -0.316 e. The van der Waals surface area contributed by atoms with E-state index >= 15 is 0 Å². The Labute approximate surface area is 134 Å². The van der Waals surface area contributed by atoms with Crippen LogP contribution in [0.2, 0.25) is 5.02 Å². The number of amides is 1. The van der Waals surface area contributed by atoms with Gasteiger partial charge in [-0.2, -0.15) is 5.10 Å². The van der Waals surface area contributed by atoms with Crippen LogP contribution in [0.15, 0.2) is 36.5 Å². The highest BCUT2D eigenvalue weighted by atomic mass is 35.5. The molecular formula is C15H20ClN5O. The fourth-order valence-electron chi connectivity index (χ4n) is 1.91. The Morgan fingerprint density at radius 3 is 2.91 bits per heavy atom. The van der Waals surface area contributed by atoms with Crippen LogP contribution in [-0.4, -0.2) is 41.2 Å².